The SMILES string of the molecule is OCCC1CN(c2ccc(F)c(Cl)c2)CCN1. The molecule has 2 rings (SSSR count). The molecule has 0 radical (unpaired) electrons. The van der Waals surface area contributed by atoms with Gasteiger partial charge in [-0.3, -0.25) is 0 Å². The van der Waals surface area contributed by atoms with Crippen molar-refractivity contribution in [2.24, 2.45) is 0 Å². The smallest absolute Gasteiger partial charge is 0.141 e. The van der Waals surface area contributed by atoms with Crippen LogP contribution < -0.4 is 10.2 Å². The van der Waals surface area contributed by atoms with Crippen LogP contribution in [0.4, 0.5) is 10.1 Å². The fourth-order valence-electron chi connectivity index (χ4n) is 2.09. The lowest BCUT2D eigenvalue weighted by Crippen LogP contribution is -2.51. The molecular weight excluding hydrogens is 243 g/mol. The van der Waals surface area contributed by atoms with E-state index in [4.69, 9.17) is 16.7 Å². The molecule has 1 fully saturated rings. The molecule has 1 unspecified atom stereocenters. The Labute approximate surface area is 105 Å². The van der Waals surface area contributed by atoms with Crippen LogP contribution >= 0.6 is 11.6 Å². The molecule has 3 nitrogen and oxygen atoms in total. The van der Waals surface area contributed by atoms with Gasteiger partial charge in [0.05, 0.1) is 5.02 Å². The quantitative estimate of drug-likeness (QED) is 0.865. The van der Waals surface area contributed by atoms with Crippen LogP contribution in [-0.2, 0) is 0 Å². The zero-order valence-corrected chi connectivity index (χ0v) is 10.3. The molecule has 0 amide bonds. The van der Waals surface area contributed by atoms with Gasteiger partial charge in [-0.1, -0.05) is 11.6 Å². The normalized spacial score (nSPS) is 20.6. The summed E-state index contributed by atoms with van der Waals surface area (Å²) in [4.78, 5) is 2.15. The number of benzene rings is 1. The third kappa shape index (κ3) is 3.09. The third-order valence-electron chi connectivity index (χ3n) is 3.00. The van der Waals surface area contributed by atoms with Gasteiger partial charge in [0.2, 0.25) is 0 Å². The molecule has 1 aliphatic rings. The Kier molecular flexibility index (Phi) is 4.20. The summed E-state index contributed by atoms with van der Waals surface area (Å²) in [5.74, 6) is -0.391. The molecule has 0 saturated carbocycles. The Hall–Kier alpha value is -0.840. The number of nitrogens with one attached hydrogen (secondary N) is 1. The van der Waals surface area contributed by atoms with Crippen molar-refractivity contribution >= 4 is 17.3 Å². The minimum absolute atomic E-state index is 0.153. The molecule has 0 bridgehead atoms. The lowest BCUT2D eigenvalue weighted by molar-refractivity contribution is 0.260. The number of halogens is 2. The molecule has 1 aliphatic heterocycles. The Morgan fingerprint density at radius 1 is 1.53 bits per heavy atom. The van der Waals surface area contributed by atoms with Gasteiger partial charge in [-0.15, -0.1) is 0 Å². The molecule has 1 aromatic carbocycles. The van der Waals surface area contributed by atoms with Gasteiger partial charge in [0, 0.05) is 38.0 Å². The number of hydrogen-bond donors (Lipinski definition) is 2. The van der Waals surface area contributed by atoms with E-state index in [2.05, 4.69) is 10.2 Å². The lowest BCUT2D eigenvalue weighted by Gasteiger charge is -2.35. The van der Waals surface area contributed by atoms with Crippen LogP contribution in [0.25, 0.3) is 0 Å². The van der Waals surface area contributed by atoms with E-state index >= 15 is 0 Å². The van der Waals surface area contributed by atoms with E-state index in [0.717, 1.165) is 31.7 Å². The van der Waals surface area contributed by atoms with Crippen molar-refractivity contribution in [3.8, 4) is 0 Å². The highest BCUT2D eigenvalue weighted by atomic mass is 35.5. The lowest BCUT2D eigenvalue weighted by atomic mass is 10.1. The maximum Gasteiger partial charge on any atom is 0.141 e. The predicted molar refractivity (Wildman–Crippen MR) is 67.1 cm³/mol. The molecule has 1 atom stereocenters. The molecular formula is C12H16ClFN2O. The molecule has 0 aliphatic carbocycles. The number of aliphatic hydroxyl groups is 1. The molecule has 2 N–H and O–H groups in total. The third-order valence-corrected chi connectivity index (χ3v) is 3.29. The summed E-state index contributed by atoms with van der Waals surface area (Å²) >= 11 is 5.77. The topological polar surface area (TPSA) is 35.5 Å². The average molecular weight is 259 g/mol. The maximum absolute atomic E-state index is 13.1. The predicted octanol–water partition coefficient (Wildman–Crippen LogP) is 1.64. The molecule has 1 aromatic rings. The molecule has 1 saturated heterocycles. The van der Waals surface area contributed by atoms with E-state index in [0.29, 0.717) is 0 Å². The minimum Gasteiger partial charge on any atom is -0.396 e. The van der Waals surface area contributed by atoms with Gasteiger partial charge in [0.1, 0.15) is 5.82 Å². The second-order valence-corrected chi connectivity index (χ2v) is 4.61. The number of nitrogens with zero attached hydrogens (tertiary/aromatic N) is 1. The molecule has 17 heavy (non-hydrogen) atoms. The highest BCUT2D eigenvalue weighted by Gasteiger charge is 2.19. The second kappa shape index (κ2) is 5.67. The van der Waals surface area contributed by atoms with Crippen LogP contribution in [0.15, 0.2) is 18.2 Å². The number of piperazine rings is 1. The molecule has 5 heteroatoms. The van der Waals surface area contributed by atoms with Crippen molar-refractivity contribution in [3.05, 3.63) is 29.0 Å². The van der Waals surface area contributed by atoms with Crippen LogP contribution in [0.3, 0.4) is 0 Å². The van der Waals surface area contributed by atoms with Crippen LogP contribution in [-0.4, -0.2) is 37.4 Å². The minimum atomic E-state index is -0.391. The highest BCUT2D eigenvalue weighted by molar-refractivity contribution is 6.31. The van der Waals surface area contributed by atoms with E-state index in [-0.39, 0.29) is 17.7 Å². The van der Waals surface area contributed by atoms with E-state index < -0.39 is 5.82 Å². The zero-order chi connectivity index (χ0) is 12.3. The van der Waals surface area contributed by atoms with Crippen molar-refractivity contribution in [1.82, 2.24) is 5.32 Å². The van der Waals surface area contributed by atoms with Crippen LogP contribution in [0.2, 0.25) is 5.02 Å². The van der Waals surface area contributed by atoms with Gasteiger partial charge < -0.3 is 15.3 Å². The summed E-state index contributed by atoms with van der Waals surface area (Å²) in [5.41, 5.74) is 0.931. The summed E-state index contributed by atoms with van der Waals surface area (Å²) < 4.78 is 13.1. The Balaban J connectivity index is 2.08. The summed E-state index contributed by atoms with van der Waals surface area (Å²) in [7, 11) is 0. The van der Waals surface area contributed by atoms with Crippen molar-refractivity contribution < 1.29 is 9.50 Å². The monoisotopic (exact) mass is 258 g/mol. The van der Waals surface area contributed by atoms with Gasteiger partial charge in [-0.2, -0.15) is 0 Å². The van der Waals surface area contributed by atoms with Crippen LogP contribution in [0, 0.1) is 5.82 Å². The Morgan fingerprint density at radius 2 is 2.35 bits per heavy atom. The standard InChI is InChI=1S/C12H16ClFN2O/c13-11-7-10(1-2-12(11)14)16-5-4-15-9(8-16)3-6-17/h1-2,7,9,15,17H,3-6,8H2. The number of anilines is 1. The number of aliphatic hydroxyl groups excluding tert-OH is 1. The van der Waals surface area contributed by atoms with Crippen molar-refractivity contribution in [3.63, 3.8) is 0 Å². The highest BCUT2D eigenvalue weighted by Crippen LogP contribution is 2.23. The summed E-state index contributed by atoms with van der Waals surface area (Å²) in [6.45, 7) is 2.71. The Morgan fingerprint density at radius 3 is 3.06 bits per heavy atom. The van der Waals surface area contributed by atoms with Crippen molar-refractivity contribution in [2.45, 2.75) is 12.5 Å². The maximum atomic E-state index is 13.1. The molecule has 0 aromatic heterocycles. The van der Waals surface area contributed by atoms with Gasteiger partial charge in [-0.05, 0) is 24.6 Å². The largest absolute Gasteiger partial charge is 0.396 e. The summed E-state index contributed by atoms with van der Waals surface area (Å²) in [6, 6.07) is 5.05. The average Bonchev–Trinajstić information content (AvgIpc) is 2.33. The van der Waals surface area contributed by atoms with Gasteiger partial charge in [0.25, 0.3) is 0 Å². The first-order valence-electron chi connectivity index (χ1n) is 5.75. The van der Waals surface area contributed by atoms with E-state index in [1.807, 2.05) is 0 Å². The zero-order valence-electron chi connectivity index (χ0n) is 9.50. The van der Waals surface area contributed by atoms with Gasteiger partial charge in [-0.25, -0.2) is 4.39 Å². The van der Waals surface area contributed by atoms with Gasteiger partial charge >= 0.3 is 0 Å². The molecule has 94 valence electrons. The Bertz CT molecular complexity index is 387. The van der Waals surface area contributed by atoms with Gasteiger partial charge in [0.15, 0.2) is 0 Å². The van der Waals surface area contributed by atoms with Crippen molar-refractivity contribution in [2.75, 3.05) is 31.1 Å². The van der Waals surface area contributed by atoms with Crippen LogP contribution in [0.1, 0.15) is 6.42 Å². The number of hydrogen-bond acceptors (Lipinski definition) is 3. The first-order valence-corrected chi connectivity index (χ1v) is 6.12. The molecule has 1 heterocycles. The van der Waals surface area contributed by atoms with E-state index in [1.54, 1.807) is 12.1 Å². The van der Waals surface area contributed by atoms with Crippen molar-refractivity contribution in [1.29, 1.82) is 0 Å². The fraction of sp³-hybridized carbons (Fsp3) is 0.500. The van der Waals surface area contributed by atoms with E-state index in [9.17, 15) is 4.39 Å². The first-order chi connectivity index (χ1) is 8.20. The van der Waals surface area contributed by atoms with E-state index in [1.165, 1.54) is 6.07 Å². The second-order valence-electron chi connectivity index (χ2n) is 4.21. The number of rotatable bonds is 3. The first kappa shape index (κ1) is 12.6. The summed E-state index contributed by atoms with van der Waals surface area (Å²) in [5, 5.41) is 12.4. The fourth-order valence-corrected chi connectivity index (χ4v) is 2.27. The summed E-state index contributed by atoms with van der Waals surface area (Å²) in [6.07, 6.45) is 0.728. The molecule has 0 spiro atoms. The van der Waals surface area contributed by atoms with Crippen LogP contribution in [0.5, 0.6) is 0 Å².